The summed E-state index contributed by atoms with van der Waals surface area (Å²) in [6, 6.07) is 0. The quantitative estimate of drug-likeness (QED) is 0.118. The Morgan fingerprint density at radius 3 is 1.00 bits per heavy atom. The topological polar surface area (TPSA) is 74.6 Å². The molecule has 4 heteroatoms. The molecule has 0 heterocycles. The molecule has 0 fully saturated rings. The van der Waals surface area contributed by atoms with Gasteiger partial charge in [-0.3, -0.25) is 9.59 Å². The molecule has 0 aliphatic heterocycles. The molecular formula is C29H56O4. The maximum absolute atomic E-state index is 11.0. The maximum Gasteiger partial charge on any atom is 0.307 e. The van der Waals surface area contributed by atoms with Crippen molar-refractivity contribution >= 4 is 11.9 Å². The van der Waals surface area contributed by atoms with E-state index < -0.39 is 17.9 Å². The highest BCUT2D eigenvalue weighted by Crippen LogP contribution is 2.17. The van der Waals surface area contributed by atoms with Crippen molar-refractivity contribution in [2.24, 2.45) is 5.92 Å². The lowest BCUT2D eigenvalue weighted by Gasteiger charge is -2.09. The molecule has 1 atom stereocenters. The van der Waals surface area contributed by atoms with Crippen molar-refractivity contribution in [1.29, 1.82) is 0 Å². The van der Waals surface area contributed by atoms with Gasteiger partial charge in [0.2, 0.25) is 0 Å². The van der Waals surface area contributed by atoms with Crippen molar-refractivity contribution in [1.82, 2.24) is 0 Å². The highest BCUT2D eigenvalue weighted by Gasteiger charge is 2.20. The van der Waals surface area contributed by atoms with Crippen LogP contribution in [0.1, 0.15) is 167 Å². The first-order chi connectivity index (χ1) is 16.1. The molecule has 0 aromatic carbocycles. The summed E-state index contributed by atoms with van der Waals surface area (Å²) >= 11 is 0. The molecular weight excluding hydrogens is 412 g/mol. The summed E-state index contributed by atoms with van der Waals surface area (Å²) in [5.74, 6) is -2.72. The van der Waals surface area contributed by atoms with Crippen LogP contribution in [0.4, 0.5) is 0 Å². The normalized spacial score (nSPS) is 12.2. The maximum atomic E-state index is 11.0. The lowest BCUT2D eigenvalue weighted by Crippen LogP contribution is -2.17. The van der Waals surface area contributed by atoms with Crippen LogP contribution < -0.4 is 0 Å². The van der Waals surface area contributed by atoms with E-state index in [1.807, 2.05) is 0 Å². The van der Waals surface area contributed by atoms with Crippen LogP contribution >= 0.6 is 0 Å². The Hall–Kier alpha value is -1.06. The number of aliphatic carboxylic acids is 2. The Labute approximate surface area is 205 Å². The molecule has 0 saturated carbocycles. The zero-order chi connectivity index (χ0) is 24.4. The molecule has 33 heavy (non-hydrogen) atoms. The second kappa shape index (κ2) is 25.6. The Balaban J connectivity index is 3.18. The largest absolute Gasteiger partial charge is 0.481 e. The highest BCUT2D eigenvalue weighted by molar-refractivity contribution is 5.77. The van der Waals surface area contributed by atoms with Gasteiger partial charge in [-0.15, -0.1) is 0 Å². The minimum absolute atomic E-state index is 0.255. The lowest BCUT2D eigenvalue weighted by molar-refractivity contribution is -0.148. The van der Waals surface area contributed by atoms with E-state index in [-0.39, 0.29) is 6.42 Å². The van der Waals surface area contributed by atoms with Crippen molar-refractivity contribution in [2.45, 2.75) is 167 Å². The van der Waals surface area contributed by atoms with Crippen LogP contribution in [0, 0.1) is 5.92 Å². The zero-order valence-electron chi connectivity index (χ0n) is 22.0. The molecule has 1 unspecified atom stereocenters. The molecule has 0 rings (SSSR count). The van der Waals surface area contributed by atoms with Crippen LogP contribution in [0.5, 0.6) is 0 Å². The van der Waals surface area contributed by atoms with E-state index in [4.69, 9.17) is 10.2 Å². The van der Waals surface area contributed by atoms with Gasteiger partial charge in [-0.2, -0.15) is 0 Å². The molecule has 0 spiro atoms. The first-order valence-corrected chi connectivity index (χ1v) is 14.5. The molecule has 0 aromatic heterocycles. The molecule has 0 radical (unpaired) electrons. The molecule has 0 saturated heterocycles. The Morgan fingerprint density at radius 2 is 0.758 bits per heavy atom. The predicted molar refractivity (Wildman–Crippen MR) is 140 cm³/mol. The average Bonchev–Trinajstić information content (AvgIpc) is 2.78. The molecule has 0 aromatic rings. The van der Waals surface area contributed by atoms with E-state index in [0.717, 1.165) is 19.3 Å². The van der Waals surface area contributed by atoms with Gasteiger partial charge in [0.25, 0.3) is 0 Å². The van der Waals surface area contributed by atoms with E-state index in [1.54, 1.807) is 0 Å². The van der Waals surface area contributed by atoms with Gasteiger partial charge >= 0.3 is 11.9 Å². The number of carboxylic acids is 2. The highest BCUT2D eigenvalue weighted by atomic mass is 16.4. The Kier molecular flexibility index (Phi) is 24.7. The molecule has 4 nitrogen and oxygen atoms in total. The van der Waals surface area contributed by atoms with Gasteiger partial charge in [0, 0.05) is 0 Å². The van der Waals surface area contributed by atoms with E-state index in [0.29, 0.717) is 6.42 Å². The average molecular weight is 469 g/mol. The number of carbonyl (C=O) groups is 2. The summed E-state index contributed by atoms with van der Waals surface area (Å²) in [4.78, 5) is 21.7. The Bertz CT molecular complexity index is 435. The van der Waals surface area contributed by atoms with Gasteiger partial charge in [-0.1, -0.05) is 155 Å². The minimum atomic E-state index is -1.02. The van der Waals surface area contributed by atoms with Crippen LogP contribution in [0.15, 0.2) is 0 Å². The second-order valence-electron chi connectivity index (χ2n) is 10.2. The van der Waals surface area contributed by atoms with E-state index in [9.17, 15) is 9.59 Å². The fraction of sp³-hybridized carbons (Fsp3) is 0.931. The van der Waals surface area contributed by atoms with E-state index in [2.05, 4.69) is 6.92 Å². The molecule has 196 valence electrons. The number of hydrogen-bond donors (Lipinski definition) is 2. The summed E-state index contributed by atoms with van der Waals surface area (Å²) < 4.78 is 0. The number of carboxylic acid groups (broad SMARTS) is 2. The van der Waals surface area contributed by atoms with Gasteiger partial charge in [0.15, 0.2) is 0 Å². The fourth-order valence-corrected chi connectivity index (χ4v) is 4.70. The summed E-state index contributed by atoms with van der Waals surface area (Å²) in [5, 5.41) is 17.8. The molecule has 0 amide bonds. The van der Waals surface area contributed by atoms with Crippen LogP contribution in [-0.2, 0) is 9.59 Å². The first kappa shape index (κ1) is 31.9. The van der Waals surface area contributed by atoms with Crippen LogP contribution in [0.2, 0.25) is 0 Å². The third kappa shape index (κ3) is 25.4. The van der Waals surface area contributed by atoms with E-state index in [1.165, 1.54) is 128 Å². The molecule has 0 bridgehead atoms. The molecule has 0 aliphatic rings. The van der Waals surface area contributed by atoms with Gasteiger partial charge in [0.1, 0.15) is 0 Å². The van der Waals surface area contributed by atoms with Gasteiger partial charge in [0.05, 0.1) is 12.3 Å². The minimum Gasteiger partial charge on any atom is -0.481 e. The summed E-state index contributed by atoms with van der Waals surface area (Å²) in [7, 11) is 0. The van der Waals surface area contributed by atoms with Gasteiger partial charge < -0.3 is 10.2 Å². The SMILES string of the molecule is CCCCCCCCCCCCCCCCCCCCCCCCCC(CC(=O)O)C(=O)O. The summed E-state index contributed by atoms with van der Waals surface area (Å²) in [6.07, 6.45) is 31.1. The number of hydrogen-bond acceptors (Lipinski definition) is 2. The van der Waals surface area contributed by atoms with Crippen LogP contribution in [0.25, 0.3) is 0 Å². The van der Waals surface area contributed by atoms with Crippen molar-refractivity contribution < 1.29 is 19.8 Å². The fourth-order valence-electron chi connectivity index (χ4n) is 4.70. The van der Waals surface area contributed by atoms with E-state index >= 15 is 0 Å². The van der Waals surface area contributed by atoms with Crippen LogP contribution in [-0.4, -0.2) is 22.2 Å². The van der Waals surface area contributed by atoms with Crippen molar-refractivity contribution in [3.05, 3.63) is 0 Å². The van der Waals surface area contributed by atoms with Gasteiger partial charge in [-0.25, -0.2) is 0 Å². The first-order valence-electron chi connectivity index (χ1n) is 14.5. The number of rotatable bonds is 27. The smallest absolute Gasteiger partial charge is 0.307 e. The van der Waals surface area contributed by atoms with Crippen molar-refractivity contribution in [3.8, 4) is 0 Å². The predicted octanol–water partition coefficient (Wildman–Crippen LogP) is 9.54. The third-order valence-corrected chi connectivity index (χ3v) is 6.93. The summed E-state index contributed by atoms with van der Waals surface area (Å²) in [5.41, 5.74) is 0. The van der Waals surface area contributed by atoms with Crippen molar-refractivity contribution in [2.75, 3.05) is 0 Å². The van der Waals surface area contributed by atoms with Crippen molar-refractivity contribution in [3.63, 3.8) is 0 Å². The Morgan fingerprint density at radius 1 is 0.485 bits per heavy atom. The lowest BCUT2D eigenvalue weighted by atomic mass is 9.97. The standard InChI is InChI=1S/C29H56O4/c1-2-3-4-5-6-7-8-9-10-11-12-13-14-15-16-17-18-19-20-21-22-23-24-25-27(29(32)33)26-28(30)31/h27H,2-26H2,1H3,(H,30,31)(H,32,33). The van der Waals surface area contributed by atoms with Crippen LogP contribution in [0.3, 0.4) is 0 Å². The molecule has 0 aliphatic carbocycles. The van der Waals surface area contributed by atoms with Gasteiger partial charge in [-0.05, 0) is 6.42 Å². The molecule has 2 N–H and O–H groups in total. The number of unbranched alkanes of at least 4 members (excludes halogenated alkanes) is 22. The second-order valence-corrected chi connectivity index (χ2v) is 10.2. The third-order valence-electron chi connectivity index (χ3n) is 6.93. The summed E-state index contributed by atoms with van der Waals surface area (Å²) in [6.45, 7) is 2.28. The monoisotopic (exact) mass is 468 g/mol. The zero-order valence-corrected chi connectivity index (χ0v) is 22.0.